The number of nitrogens with one attached hydrogen (secondary N) is 2. The van der Waals surface area contributed by atoms with Gasteiger partial charge in [0.2, 0.25) is 11.8 Å². The van der Waals surface area contributed by atoms with E-state index in [0.717, 1.165) is 11.8 Å². The SMILES string of the molecule is COc1ccc(NC(=O)CC2S/C(=N/N=C/c3ccc(F)cc3)NC2=O)c(OC)c1. The summed E-state index contributed by atoms with van der Waals surface area (Å²) in [5, 5.41) is 12.8. The molecule has 1 saturated heterocycles. The van der Waals surface area contributed by atoms with Crippen LogP contribution in [-0.4, -0.2) is 42.7 Å². The third-order valence-electron chi connectivity index (χ3n) is 4.06. The first-order valence-corrected chi connectivity index (χ1v) is 9.72. The molecule has 0 spiro atoms. The van der Waals surface area contributed by atoms with Gasteiger partial charge in [0.1, 0.15) is 22.6 Å². The molecule has 2 aromatic carbocycles. The lowest BCUT2D eigenvalue weighted by atomic mass is 10.2. The van der Waals surface area contributed by atoms with E-state index in [9.17, 15) is 14.0 Å². The second kappa shape index (κ2) is 9.88. The number of hydrogen-bond acceptors (Lipinski definition) is 7. The first-order valence-electron chi connectivity index (χ1n) is 8.84. The molecule has 1 aliphatic heterocycles. The molecule has 3 rings (SSSR count). The fraction of sp³-hybridized carbons (Fsp3) is 0.200. The molecule has 0 bridgehead atoms. The highest BCUT2D eigenvalue weighted by Crippen LogP contribution is 2.30. The monoisotopic (exact) mass is 430 g/mol. The molecule has 0 radical (unpaired) electrons. The summed E-state index contributed by atoms with van der Waals surface area (Å²) in [6.07, 6.45) is 1.39. The molecule has 30 heavy (non-hydrogen) atoms. The van der Waals surface area contributed by atoms with Gasteiger partial charge in [-0.05, 0) is 29.8 Å². The number of thioether (sulfide) groups is 1. The second-order valence-corrected chi connectivity index (χ2v) is 7.31. The van der Waals surface area contributed by atoms with Crippen LogP contribution >= 0.6 is 11.8 Å². The summed E-state index contributed by atoms with van der Waals surface area (Å²) >= 11 is 1.11. The van der Waals surface area contributed by atoms with Crippen molar-refractivity contribution in [3.05, 3.63) is 53.8 Å². The topological polar surface area (TPSA) is 101 Å². The summed E-state index contributed by atoms with van der Waals surface area (Å²) in [5.74, 6) is 0.0291. The molecule has 156 valence electrons. The number of carbonyl (C=O) groups is 2. The number of carbonyl (C=O) groups excluding carboxylic acids is 2. The first-order chi connectivity index (χ1) is 14.5. The Hall–Kier alpha value is -3.40. The van der Waals surface area contributed by atoms with Crippen molar-refractivity contribution in [2.45, 2.75) is 11.7 Å². The molecule has 0 aromatic heterocycles. The summed E-state index contributed by atoms with van der Waals surface area (Å²) in [7, 11) is 3.02. The van der Waals surface area contributed by atoms with Gasteiger partial charge < -0.3 is 20.1 Å². The highest BCUT2D eigenvalue weighted by Gasteiger charge is 2.32. The van der Waals surface area contributed by atoms with E-state index in [0.29, 0.717) is 22.7 Å². The molecular weight excluding hydrogens is 411 g/mol. The fourth-order valence-electron chi connectivity index (χ4n) is 2.55. The molecule has 2 amide bonds. The van der Waals surface area contributed by atoms with Gasteiger partial charge in [-0.25, -0.2) is 4.39 Å². The van der Waals surface area contributed by atoms with Crippen molar-refractivity contribution in [3.8, 4) is 11.5 Å². The zero-order valence-electron chi connectivity index (χ0n) is 16.2. The normalized spacial score (nSPS) is 17.2. The fourth-order valence-corrected chi connectivity index (χ4v) is 3.48. The first kappa shape index (κ1) is 21.3. The minimum Gasteiger partial charge on any atom is -0.497 e. The predicted octanol–water partition coefficient (Wildman–Crippen LogP) is 2.79. The maximum absolute atomic E-state index is 12.9. The van der Waals surface area contributed by atoms with E-state index in [4.69, 9.17) is 9.47 Å². The largest absolute Gasteiger partial charge is 0.497 e. The number of hydrogen-bond donors (Lipinski definition) is 2. The van der Waals surface area contributed by atoms with Crippen molar-refractivity contribution < 1.29 is 23.5 Å². The molecule has 2 aromatic rings. The zero-order chi connectivity index (χ0) is 21.5. The van der Waals surface area contributed by atoms with Crippen LogP contribution in [0.1, 0.15) is 12.0 Å². The number of amides is 2. The molecular formula is C20H19FN4O4S. The summed E-state index contributed by atoms with van der Waals surface area (Å²) in [5.41, 5.74) is 1.14. The van der Waals surface area contributed by atoms with E-state index < -0.39 is 5.25 Å². The predicted molar refractivity (Wildman–Crippen MR) is 114 cm³/mol. The number of amidine groups is 1. The quantitative estimate of drug-likeness (QED) is 0.520. The molecule has 8 nitrogen and oxygen atoms in total. The number of benzene rings is 2. The Labute approximate surface area is 176 Å². The van der Waals surface area contributed by atoms with Crippen LogP contribution in [-0.2, 0) is 9.59 Å². The third kappa shape index (κ3) is 5.57. The van der Waals surface area contributed by atoms with Crippen LogP contribution in [0.3, 0.4) is 0 Å². The van der Waals surface area contributed by atoms with E-state index >= 15 is 0 Å². The summed E-state index contributed by atoms with van der Waals surface area (Å²) < 4.78 is 23.3. The zero-order valence-corrected chi connectivity index (χ0v) is 17.0. The van der Waals surface area contributed by atoms with Crippen molar-refractivity contribution in [3.63, 3.8) is 0 Å². The minimum absolute atomic E-state index is 0.0492. The number of methoxy groups -OCH3 is 2. The van der Waals surface area contributed by atoms with Gasteiger partial charge in [-0.1, -0.05) is 23.9 Å². The van der Waals surface area contributed by atoms with E-state index in [1.165, 1.54) is 32.6 Å². The Morgan fingerprint density at radius 1 is 1.23 bits per heavy atom. The molecule has 1 unspecified atom stereocenters. The van der Waals surface area contributed by atoms with Gasteiger partial charge in [-0.15, -0.1) is 5.10 Å². The highest BCUT2D eigenvalue weighted by molar-refractivity contribution is 8.15. The maximum Gasteiger partial charge on any atom is 0.240 e. The van der Waals surface area contributed by atoms with Crippen LogP contribution in [0.2, 0.25) is 0 Å². The van der Waals surface area contributed by atoms with Gasteiger partial charge in [-0.2, -0.15) is 5.10 Å². The van der Waals surface area contributed by atoms with Crippen LogP contribution in [0, 0.1) is 5.82 Å². The Kier molecular flexibility index (Phi) is 7.02. The Balaban J connectivity index is 1.57. The average molecular weight is 430 g/mol. The van der Waals surface area contributed by atoms with Crippen molar-refractivity contribution in [1.82, 2.24) is 5.32 Å². The van der Waals surface area contributed by atoms with Crippen LogP contribution in [0.25, 0.3) is 0 Å². The summed E-state index contributed by atoms with van der Waals surface area (Å²) in [6, 6.07) is 10.7. The van der Waals surface area contributed by atoms with Crippen molar-refractivity contribution in [2.75, 3.05) is 19.5 Å². The highest BCUT2D eigenvalue weighted by atomic mass is 32.2. The second-order valence-electron chi connectivity index (χ2n) is 6.12. The number of nitrogens with zero attached hydrogens (tertiary/aromatic N) is 2. The van der Waals surface area contributed by atoms with Crippen LogP contribution in [0.15, 0.2) is 52.7 Å². The van der Waals surface area contributed by atoms with Crippen molar-refractivity contribution in [2.24, 2.45) is 10.2 Å². The van der Waals surface area contributed by atoms with Gasteiger partial charge in [0.05, 0.1) is 26.1 Å². The van der Waals surface area contributed by atoms with Gasteiger partial charge in [-0.3, -0.25) is 9.59 Å². The number of halogens is 1. The molecule has 0 aliphatic carbocycles. The van der Waals surface area contributed by atoms with Crippen LogP contribution in [0.4, 0.5) is 10.1 Å². The van der Waals surface area contributed by atoms with E-state index in [-0.39, 0.29) is 29.2 Å². The minimum atomic E-state index is -0.631. The van der Waals surface area contributed by atoms with Crippen molar-refractivity contribution >= 4 is 40.6 Å². The lowest BCUT2D eigenvalue weighted by Crippen LogP contribution is -2.28. The maximum atomic E-state index is 12.9. The lowest BCUT2D eigenvalue weighted by Gasteiger charge is -2.12. The van der Waals surface area contributed by atoms with E-state index in [2.05, 4.69) is 20.8 Å². The van der Waals surface area contributed by atoms with Gasteiger partial charge in [0, 0.05) is 12.5 Å². The Morgan fingerprint density at radius 2 is 2.00 bits per heavy atom. The average Bonchev–Trinajstić information content (AvgIpc) is 3.08. The number of anilines is 1. The molecule has 1 aliphatic rings. The van der Waals surface area contributed by atoms with Gasteiger partial charge in [0.15, 0.2) is 5.17 Å². The van der Waals surface area contributed by atoms with Gasteiger partial charge in [0.25, 0.3) is 0 Å². The molecule has 1 heterocycles. The standard InChI is InChI=1S/C20H19FN4O4S/c1-28-14-7-8-15(16(9-14)29-2)23-18(26)10-17-19(27)24-20(30-17)25-22-11-12-3-5-13(21)6-4-12/h3-9,11,17H,10H2,1-2H3,(H,23,26)(H,24,25,27)/b22-11+. The van der Waals surface area contributed by atoms with Gasteiger partial charge >= 0.3 is 0 Å². The molecule has 1 fully saturated rings. The van der Waals surface area contributed by atoms with E-state index in [1.54, 1.807) is 30.3 Å². The van der Waals surface area contributed by atoms with E-state index in [1.807, 2.05) is 0 Å². The molecule has 2 N–H and O–H groups in total. The van der Waals surface area contributed by atoms with Crippen LogP contribution < -0.4 is 20.1 Å². The smallest absolute Gasteiger partial charge is 0.240 e. The number of ether oxygens (including phenoxy) is 2. The van der Waals surface area contributed by atoms with Crippen LogP contribution in [0.5, 0.6) is 11.5 Å². The summed E-state index contributed by atoms with van der Waals surface area (Å²) in [6.45, 7) is 0. The third-order valence-corrected chi connectivity index (χ3v) is 5.13. The Bertz CT molecular complexity index is 995. The molecule has 10 heteroatoms. The summed E-state index contributed by atoms with van der Waals surface area (Å²) in [4.78, 5) is 24.5. The number of rotatable bonds is 7. The van der Waals surface area contributed by atoms with Crippen molar-refractivity contribution in [1.29, 1.82) is 0 Å². The molecule has 1 atom stereocenters. The Morgan fingerprint density at radius 3 is 2.70 bits per heavy atom. The lowest BCUT2D eigenvalue weighted by molar-refractivity contribution is -0.122. The molecule has 0 saturated carbocycles.